The molecule has 0 radical (unpaired) electrons. The van der Waals surface area contributed by atoms with E-state index >= 15 is 0 Å². The van der Waals surface area contributed by atoms with E-state index in [-0.39, 0.29) is 0 Å². The van der Waals surface area contributed by atoms with E-state index in [2.05, 4.69) is 19.2 Å². The first-order chi connectivity index (χ1) is 6.25. The van der Waals surface area contributed by atoms with E-state index in [9.17, 15) is 0 Å². The standard InChI is InChI=1S/C11H23NO/c1-4-5-6-11(9-12-3)7-8-13-10(11)2/h10,12H,4-9H2,1-3H3. The summed E-state index contributed by atoms with van der Waals surface area (Å²) in [6.45, 7) is 6.54. The lowest BCUT2D eigenvalue weighted by Gasteiger charge is -2.32. The Labute approximate surface area is 82.0 Å². The van der Waals surface area contributed by atoms with Gasteiger partial charge >= 0.3 is 0 Å². The Hall–Kier alpha value is -0.0800. The molecular formula is C11H23NO. The summed E-state index contributed by atoms with van der Waals surface area (Å²) >= 11 is 0. The summed E-state index contributed by atoms with van der Waals surface area (Å²) in [5, 5.41) is 3.31. The molecular weight excluding hydrogens is 162 g/mol. The zero-order valence-corrected chi connectivity index (χ0v) is 9.23. The van der Waals surface area contributed by atoms with Crippen molar-refractivity contribution >= 4 is 0 Å². The normalized spacial score (nSPS) is 33.9. The van der Waals surface area contributed by atoms with Crippen LogP contribution in [0.2, 0.25) is 0 Å². The van der Waals surface area contributed by atoms with Crippen LogP contribution in [0.4, 0.5) is 0 Å². The van der Waals surface area contributed by atoms with Crippen molar-refractivity contribution in [3.63, 3.8) is 0 Å². The summed E-state index contributed by atoms with van der Waals surface area (Å²) in [5.41, 5.74) is 0.421. The molecule has 1 saturated heterocycles. The van der Waals surface area contributed by atoms with Crippen molar-refractivity contribution in [2.45, 2.75) is 45.6 Å². The van der Waals surface area contributed by atoms with Gasteiger partial charge in [-0.15, -0.1) is 0 Å². The highest BCUT2D eigenvalue weighted by molar-refractivity contribution is 4.90. The number of ether oxygens (including phenoxy) is 1. The van der Waals surface area contributed by atoms with Crippen LogP contribution in [0.5, 0.6) is 0 Å². The van der Waals surface area contributed by atoms with E-state index in [1.807, 2.05) is 7.05 Å². The zero-order chi connectivity index (χ0) is 9.73. The molecule has 1 fully saturated rings. The van der Waals surface area contributed by atoms with Gasteiger partial charge in [-0.25, -0.2) is 0 Å². The number of unbranched alkanes of at least 4 members (excludes halogenated alkanes) is 1. The summed E-state index contributed by atoms with van der Waals surface area (Å²) in [5.74, 6) is 0. The van der Waals surface area contributed by atoms with Gasteiger partial charge in [0.1, 0.15) is 0 Å². The van der Waals surface area contributed by atoms with Crippen LogP contribution >= 0.6 is 0 Å². The largest absolute Gasteiger partial charge is 0.378 e. The second-order valence-electron chi connectivity index (χ2n) is 4.26. The highest BCUT2D eigenvalue weighted by Gasteiger charge is 2.39. The second kappa shape index (κ2) is 4.97. The fourth-order valence-corrected chi connectivity index (χ4v) is 2.35. The number of hydrogen-bond donors (Lipinski definition) is 1. The number of nitrogens with one attached hydrogen (secondary N) is 1. The molecule has 2 unspecified atom stereocenters. The van der Waals surface area contributed by atoms with Crippen LogP contribution in [0.3, 0.4) is 0 Å². The van der Waals surface area contributed by atoms with Crippen molar-refractivity contribution in [2.24, 2.45) is 5.41 Å². The molecule has 78 valence electrons. The lowest BCUT2D eigenvalue weighted by Crippen LogP contribution is -2.38. The third-order valence-corrected chi connectivity index (χ3v) is 3.39. The van der Waals surface area contributed by atoms with E-state index in [1.54, 1.807) is 0 Å². The lowest BCUT2D eigenvalue weighted by atomic mass is 9.77. The number of hydrogen-bond acceptors (Lipinski definition) is 2. The van der Waals surface area contributed by atoms with Crippen molar-refractivity contribution in [1.82, 2.24) is 5.32 Å². The Balaban J connectivity index is 2.51. The van der Waals surface area contributed by atoms with Crippen LogP contribution in [-0.2, 0) is 4.74 Å². The Morgan fingerprint density at radius 3 is 2.77 bits per heavy atom. The van der Waals surface area contributed by atoms with Crippen LogP contribution in [0, 0.1) is 5.41 Å². The third-order valence-electron chi connectivity index (χ3n) is 3.39. The molecule has 0 aromatic carbocycles. The Morgan fingerprint density at radius 1 is 1.54 bits per heavy atom. The van der Waals surface area contributed by atoms with Gasteiger partial charge < -0.3 is 10.1 Å². The molecule has 0 aliphatic carbocycles. The lowest BCUT2D eigenvalue weighted by molar-refractivity contribution is 0.0583. The van der Waals surface area contributed by atoms with E-state index in [0.717, 1.165) is 13.2 Å². The molecule has 2 atom stereocenters. The molecule has 2 heteroatoms. The first-order valence-electron chi connectivity index (χ1n) is 5.51. The Kier molecular flexibility index (Phi) is 4.20. The molecule has 0 spiro atoms. The molecule has 2 nitrogen and oxygen atoms in total. The highest BCUT2D eigenvalue weighted by Crippen LogP contribution is 2.38. The highest BCUT2D eigenvalue weighted by atomic mass is 16.5. The van der Waals surface area contributed by atoms with Gasteiger partial charge in [0.2, 0.25) is 0 Å². The maximum atomic E-state index is 5.68. The molecule has 1 aliphatic heterocycles. The van der Waals surface area contributed by atoms with Crippen molar-refractivity contribution in [1.29, 1.82) is 0 Å². The van der Waals surface area contributed by atoms with Crippen LogP contribution in [0.25, 0.3) is 0 Å². The quantitative estimate of drug-likeness (QED) is 0.709. The third kappa shape index (κ3) is 2.44. The maximum absolute atomic E-state index is 5.68. The summed E-state index contributed by atoms with van der Waals surface area (Å²) in [6.07, 6.45) is 5.60. The van der Waals surface area contributed by atoms with Gasteiger partial charge in [-0.2, -0.15) is 0 Å². The molecule has 1 aliphatic rings. The summed E-state index contributed by atoms with van der Waals surface area (Å²) in [7, 11) is 2.04. The van der Waals surface area contributed by atoms with Gasteiger partial charge in [-0.3, -0.25) is 0 Å². The van der Waals surface area contributed by atoms with E-state index in [4.69, 9.17) is 4.74 Å². The molecule has 13 heavy (non-hydrogen) atoms. The molecule has 0 amide bonds. The zero-order valence-electron chi connectivity index (χ0n) is 9.23. The smallest absolute Gasteiger partial charge is 0.0616 e. The average molecular weight is 185 g/mol. The maximum Gasteiger partial charge on any atom is 0.0616 e. The number of rotatable bonds is 5. The van der Waals surface area contributed by atoms with E-state index in [0.29, 0.717) is 11.5 Å². The second-order valence-corrected chi connectivity index (χ2v) is 4.26. The SMILES string of the molecule is CCCCC1(CNC)CCOC1C. The minimum atomic E-state index is 0.421. The van der Waals surface area contributed by atoms with Gasteiger partial charge in [-0.1, -0.05) is 19.8 Å². The Bertz CT molecular complexity index is 149. The molecule has 1 rings (SSSR count). The minimum absolute atomic E-state index is 0.421. The minimum Gasteiger partial charge on any atom is -0.378 e. The van der Waals surface area contributed by atoms with Crippen molar-refractivity contribution in [3.8, 4) is 0 Å². The van der Waals surface area contributed by atoms with Crippen molar-refractivity contribution < 1.29 is 4.74 Å². The average Bonchev–Trinajstić information content (AvgIpc) is 2.46. The Morgan fingerprint density at radius 2 is 2.31 bits per heavy atom. The van der Waals surface area contributed by atoms with Gasteiger partial charge in [0.15, 0.2) is 0 Å². The summed E-state index contributed by atoms with van der Waals surface area (Å²) < 4.78 is 5.68. The van der Waals surface area contributed by atoms with E-state index < -0.39 is 0 Å². The first kappa shape index (κ1) is 11.0. The van der Waals surface area contributed by atoms with Crippen molar-refractivity contribution in [3.05, 3.63) is 0 Å². The van der Waals surface area contributed by atoms with Gasteiger partial charge in [0.25, 0.3) is 0 Å². The predicted octanol–water partition coefficient (Wildman–Crippen LogP) is 2.19. The van der Waals surface area contributed by atoms with Crippen LogP contribution in [-0.4, -0.2) is 26.3 Å². The summed E-state index contributed by atoms with van der Waals surface area (Å²) in [6, 6.07) is 0. The van der Waals surface area contributed by atoms with Crippen molar-refractivity contribution in [2.75, 3.05) is 20.2 Å². The summed E-state index contributed by atoms with van der Waals surface area (Å²) in [4.78, 5) is 0. The van der Waals surface area contributed by atoms with Crippen LogP contribution in [0.15, 0.2) is 0 Å². The monoisotopic (exact) mass is 185 g/mol. The van der Waals surface area contributed by atoms with Crippen LogP contribution in [0.1, 0.15) is 39.5 Å². The molecule has 0 aromatic heterocycles. The molecule has 1 heterocycles. The molecule has 0 saturated carbocycles. The predicted molar refractivity (Wildman–Crippen MR) is 55.9 cm³/mol. The molecule has 0 bridgehead atoms. The first-order valence-corrected chi connectivity index (χ1v) is 5.51. The molecule has 1 N–H and O–H groups in total. The van der Waals surface area contributed by atoms with Crippen LogP contribution < -0.4 is 5.32 Å². The van der Waals surface area contributed by atoms with Gasteiger partial charge in [0, 0.05) is 18.6 Å². The van der Waals surface area contributed by atoms with Gasteiger partial charge in [-0.05, 0) is 26.8 Å². The van der Waals surface area contributed by atoms with Gasteiger partial charge in [0.05, 0.1) is 6.10 Å². The fourth-order valence-electron chi connectivity index (χ4n) is 2.35. The molecule has 0 aromatic rings. The van der Waals surface area contributed by atoms with E-state index in [1.165, 1.54) is 25.7 Å². The fraction of sp³-hybridized carbons (Fsp3) is 1.00. The topological polar surface area (TPSA) is 21.3 Å².